The first kappa shape index (κ1) is 11.8. The molecule has 0 aromatic carbocycles. The molecule has 0 saturated carbocycles. The summed E-state index contributed by atoms with van der Waals surface area (Å²) in [5.41, 5.74) is 6.27. The predicted molar refractivity (Wildman–Crippen MR) is 62.9 cm³/mol. The molecule has 1 aromatic heterocycles. The van der Waals surface area contributed by atoms with Crippen molar-refractivity contribution >= 4 is 5.69 Å². The van der Waals surface area contributed by atoms with Gasteiger partial charge >= 0.3 is 0 Å². The van der Waals surface area contributed by atoms with Gasteiger partial charge in [-0.05, 0) is 19.2 Å². The number of aromatic nitrogens is 1. The van der Waals surface area contributed by atoms with Gasteiger partial charge in [0.15, 0.2) is 0 Å². The lowest BCUT2D eigenvalue weighted by Gasteiger charge is -2.18. The van der Waals surface area contributed by atoms with Crippen molar-refractivity contribution in [2.75, 3.05) is 25.4 Å². The molecule has 0 bridgehead atoms. The zero-order chi connectivity index (χ0) is 11.3. The first-order valence-corrected chi connectivity index (χ1v) is 5.35. The summed E-state index contributed by atoms with van der Waals surface area (Å²) < 4.78 is 1.66. The van der Waals surface area contributed by atoms with E-state index in [0.29, 0.717) is 12.2 Å². The maximum Gasteiger partial charge on any atom is 0.250 e. The van der Waals surface area contributed by atoms with E-state index < -0.39 is 0 Å². The standard InChI is InChI=1S/C11H19N3O/c1-3-13(4-2)7-8-14-9-10(12)5-6-11(14)15/h5-6,9H,3-4,7-8,12H2,1-2H3. The number of hydrogen-bond donors (Lipinski definition) is 1. The Morgan fingerprint density at radius 1 is 1.33 bits per heavy atom. The highest BCUT2D eigenvalue weighted by molar-refractivity contribution is 5.33. The third-order valence-corrected chi connectivity index (χ3v) is 2.56. The summed E-state index contributed by atoms with van der Waals surface area (Å²) in [7, 11) is 0. The second-order valence-corrected chi connectivity index (χ2v) is 3.52. The Hall–Kier alpha value is -1.29. The third-order valence-electron chi connectivity index (χ3n) is 2.56. The van der Waals surface area contributed by atoms with Crippen molar-refractivity contribution in [2.24, 2.45) is 0 Å². The maximum atomic E-state index is 11.4. The van der Waals surface area contributed by atoms with Crippen LogP contribution >= 0.6 is 0 Å². The minimum Gasteiger partial charge on any atom is -0.398 e. The molecular formula is C11H19N3O. The largest absolute Gasteiger partial charge is 0.398 e. The van der Waals surface area contributed by atoms with Gasteiger partial charge in [-0.1, -0.05) is 13.8 Å². The Morgan fingerprint density at radius 2 is 2.00 bits per heavy atom. The Balaban J connectivity index is 2.64. The lowest BCUT2D eigenvalue weighted by molar-refractivity contribution is 0.289. The second-order valence-electron chi connectivity index (χ2n) is 3.52. The summed E-state index contributed by atoms with van der Waals surface area (Å²) in [5.74, 6) is 0. The molecule has 0 aliphatic heterocycles. The average molecular weight is 209 g/mol. The molecule has 1 heterocycles. The van der Waals surface area contributed by atoms with Gasteiger partial charge in [0.2, 0.25) is 0 Å². The van der Waals surface area contributed by atoms with Crippen LogP contribution in [-0.2, 0) is 6.54 Å². The Labute approximate surface area is 90.3 Å². The molecule has 2 N–H and O–H groups in total. The van der Waals surface area contributed by atoms with Crippen LogP contribution in [0.3, 0.4) is 0 Å². The predicted octanol–water partition coefficient (Wildman–Crippen LogP) is 0.772. The van der Waals surface area contributed by atoms with Crippen molar-refractivity contribution < 1.29 is 0 Å². The first-order valence-electron chi connectivity index (χ1n) is 5.35. The Bertz CT molecular complexity index is 355. The zero-order valence-electron chi connectivity index (χ0n) is 9.44. The summed E-state index contributed by atoms with van der Waals surface area (Å²) in [6.07, 6.45) is 1.70. The van der Waals surface area contributed by atoms with E-state index in [4.69, 9.17) is 5.73 Å². The topological polar surface area (TPSA) is 51.3 Å². The van der Waals surface area contributed by atoms with Crippen LogP contribution in [0.5, 0.6) is 0 Å². The van der Waals surface area contributed by atoms with E-state index in [1.54, 1.807) is 16.8 Å². The van der Waals surface area contributed by atoms with Crippen molar-refractivity contribution in [3.05, 3.63) is 28.7 Å². The van der Waals surface area contributed by atoms with Crippen LogP contribution in [0, 0.1) is 0 Å². The van der Waals surface area contributed by atoms with Crippen LogP contribution in [0.25, 0.3) is 0 Å². The molecule has 0 atom stereocenters. The van der Waals surface area contributed by atoms with E-state index in [9.17, 15) is 4.79 Å². The monoisotopic (exact) mass is 209 g/mol. The summed E-state index contributed by atoms with van der Waals surface area (Å²) in [6.45, 7) is 7.83. The van der Waals surface area contributed by atoms with Gasteiger partial charge in [0.25, 0.3) is 5.56 Å². The molecule has 0 spiro atoms. The van der Waals surface area contributed by atoms with Crippen molar-refractivity contribution in [1.82, 2.24) is 9.47 Å². The molecule has 15 heavy (non-hydrogen) atoms. The number of anilines is 1. The minimum absolute atomic E-state index is 0.0105. The van der Waals surface area contributed by atoms with Crippen LogP contribution in [0.1, 0.15) is 13.8 Å². The van der Waals surface area contributed by atoms with E-state index in [2.05, 4.69) is 18.7 Å². The first-order chi connectivity index (χ1) is 7.17. The molecule has 0 saturated heterocycles. The van der Waals surface area contributed by atoms with Crippen LogP contribution in [0.2, 0.25) is 0 Å². The van der Waals surface area contributed by atoms with Gasteiger partial charge in [0, 0.05) is 31.0 Å². The van der Waals surface area contributed by atoms with Gasteiger partial charge in [-0.15, -0.1) is 0 Å². The molecule has 0 fully saturated rings. The van der Waals surface area contributed by atoms with E-state index in [-0.39, 0.29) is 5.56 Å². The van der Waals surface area contributed by atoms with Gasteiger partial charge in [-0.3, -0.25) is 4.79 Å². The number of rotatable bonds is 5. The maximum absolute atomic E-state index is 11.4. The fourth-order valence-electron chi connectivity index (χ4n) is 1.51. The van der Waals surface area contributed by atoms with Gasteiger partial charge < -0.3 is 15.2 Å². The van der Waals surface area contributed by atoms with Crippen LogP contribution in [0.4, 0.5) is 5.69 Å². The lowest BCUT2D eigenvalue weighted by Crippen LogP contribution is -2.30. The van der Waals surface area contributed by atoms with Crippen molar-refractivity contribution in [3.63, 3.8) is 0 Å². The highest BCUT2D eigenvalue weighted by atomic mass is 16.1. The fraction of sp³-hybridized carbons (Fsp3) is 0.545. The molecular weight excluding hydrogens is 190 g/mol. The van der Waals surface area contributed by atoms with Gasteiger partial charge in [-0.25, -0.2) is 0 Å². The average Bonchev–Trinajstić information content (AvgIpc) is 2.24. The van der Waals surface area contributed by atoms with Gasteiger partial charge in [0.1, 0.15) is 0 Å². The molecule has 4 heteroatoms. The molecule has 0 aliphatic rings. The van der Waals surface area contributed by atoms with Crippen LogP contribution < -0.4 is 11.3 Å². The van der Waals surface area contributed by atoms with Crippen LogP contribution in [-0.4, -0.2) is 29.1 Å². The molecule has 0 unspecified atom stereocenters. The SMILES string of the molecule is CCN(CC)CCn1cc(N)ccc1=O. The molecule has 1 rings (SSSR count). The molecule has 84 valence electrons. The third kappa shape index (κ3) is 3.40. The van der Waals surface area contributed by atoms with Gasteiger partial charge in [-0.2, -0.15) is 0 Å². The highest BCUT2D eigenvalue weighted by Gasteiger charge is 2.00. The molecule has 0 aliphatic carbocycles. The van der Waals surface area contributed by atoms with Crippen molar-refractivity contribution in [2.45, 2.75) is 20.4 Å². The highest BCUT2D eigenvalue weighted by Crippen LogP contribution is 1.96. The second kappa shape index (κ2) is 5.56. The van der Waals surface area contributed by atoms with E-state index in [1.165, 1.54) is 6.07 Å². The van der Waals surface area contributed by atoms with E-state index in [1.807, 2.05) is 0 Å². The van der Waals surface area contributed by atoms with Gasteiger partial charge in [0.05, 0.1) is 0 Å². The number of pyridine rings is 1. The van der Waals surface area contributed by atoms with E-state index in [0.717, 1.165) is 19.6 Å². The molecule has 0 radical (unpaired) electrons. The fourth-order valence-corrected chi connectivity index (χ4v) is 1.51. The quantitative estimate of drug-likeness (QED) is 0.779. The Kier molecular flexibility index (Phi) is 4.37. The number of hydrogen-bond acceptors (Lipinski definition) is 3. The molecule has 0 amide bonds. The molecule has 1 aromatic rings. The number of nitrogens with zero attached hydrogens (tertiary/aromatic N) is 2. The normalized spacial score (nSPS) is 10.9. The van der Waals surface area contributed by atoms with Crippen molar-refractivity contribution in [3.8, 4) is 0 Å². The Morgan fingerprint density at radius 3 is 2.60 bits per heavy atom. The summed E-state index contributed by atoms with van der Waals surface area (Å²) in [5, 5.41) is 0. The minimum atomic E-state index is 0.0105. The summed E-state index contributed by atoms with van der Waals surface area (Å²) in [6, 6.07) is 3.15. The summed E-state index contributed by atoms with van der Waals surface area (Å²) >= 11 is 0. The smallest absolute Gasteiger partial charge is 0.250 e. The van der Waals surface area contributed by atoms with Crippen molar-refractivity contribution in [1.29, 1.82) is 0 Å². The number of nitrogens with two attached hydrogens (primary N) is 1. The summed E-state index contributed by atoms with van der Waals surface area (Å²) in [4.78, 5) is 13.7. The lowest BCUT2D eigenvalue weighted by atomic mass is 10.4. The number of likely N-dealkylation sites (N-methyl/N-ethyl adjacent to an activating group) is 1. The molecule has 4 nitrogen and oxygen atoms in total. The zero-order valence-corrected chi connectivity index (χ0v) is 9.44. The number of nitrogen functional groups attached to an aromatic ring is 1. The van der Waals surface area contributed by atoms with Crippen LogP contribution in [0.15, 0.2) is 23.1 Å². The van der Waals surface area contributed by atoms with E-state index >= 15 is 0 Å².